The molecular formula is C23H31NO4. The fourth-order valence-electron chi connectivity index (χ4n) is 6.39. The molecule has 0 heterocycles. The lowest BCUT2D eigenvalue weighted by atomic mass is 9.43. The lowest BCUT2D eigenvalue weighted by molar-refractivity contribution is -0.180. The van der Waals surface area contributed by atoms with Crippen molar-refractivity contribution in [2.24, 2.45) is 17.3 Å². The molecule has 152 valence electrons. The number of rotatable bonds is 7. The molecule has 5 nitrogen and oxygen atoms in total. The largest absolute Gasteiger partial charge is 0.452 e. The summed E-state index contributed by atoms with van der Waals surface area (Å²) >= 11 is 0. The average molecular weight is 386 g/mol. The zero-order chi connectivity index (χ0) is 19.8. The molecule has 4 fully saturated rings. The van der Waals surface area contributed by atoms with Crippen LogP contribution in [-0.2, 0) is 24.5 Å². The van der Waals surface area contributed by atoms with Gasteiger partial charge >= 0.3 is 5.97 Å². The van der Waals surface area contributed by atoms with E-state index in [9.17, 15) is 9.59 Å². The summed E-state index contributed by atoms with van der Waals surface area (Å²) < 4.78 is 10.7. The predicted molar refractivity (Wildman–Crippen MR) is 106 cm³/mol. The molecule has 1 aromatic rings. The van der Waals surface area contributed by atoms with Crippen molar-refractivity contribution in [1.82, 2.24) is 5.32 Å². The minimum absolute atomic E-state index is 0.0916. The van der Waals surface area contributed by atoms with Gasteiger partial charge in [0.25, 0.3) is 5.91 Å². The van der Waals surface area contributed by atoms with E-state index < -0.39 is 11.5 Å². The van der Waals surface area contributed by atoms with Crippen LogP contribution in [0, 0.1) is 17.3 Å². The van der Waals surface area contributed by atoms with Crippen molar-refractivity contribution in [3.05, 3.63) is 35.9 Å². The maximum atomic E-state index is 13.3. The maximum Gasteiger partial charge on any atom is 0.312 e. The molecule has 5 atom stereocenters. The van der Waals surface area contributed by atoms with E-state index in [0.717, 1.165) is 19.3 Å². The van der Waals surface area contributed by atoms with Crippen LogP contribution in [0.4, 0.5) is 0 Å². The first-order valence-electron chi connectivity index (χ1n) is 10.5. The quantitative estimate of drug-likeness (QED) is 0.578. The summed E-state index contributed by atoms with van der Waals surface area (Å²) in [6, 6.07) is 10.7. The van der Waals surface area contributed by atoms with Gasteiger partial charge in [-0.05, 0) is 68.3 Å². The van der Waals surface area contributed by atoms with E-state index in [1.807, 2.05) is 0 Å². The van der Waals surface area contributed by atoms with E-state index in [-0.39, 0.29) is 17.3 Å². The first-order chi connectivity index (χ1) is 13.5. The second-order valence-corrected chi connectivity index (χ2v) is 9.22. The van der Waals surface area contributed by atoms with Crippen molar-refractivity contribution in [1.29, 1.82) is 0 Å². The molecule has 1 N–H and O–H groups in total. The first-order valence-corrected chi connectivity index (χ1v) is 10.5. The Morgan fingerprint density at radius 3 is 2.46 bits per heavy atom. The van der Waals surface area contributed by atoms with Gasteiger partial charge in [0.2, 0.25) is 0 Å². The van der Waals surface area contributed by atoms with Gasteiger partial charge in [0.05, 0.1) is 12.0 Å². The van der Waals surface area contributed by atoms with E-state index in [4.69, 9.17) is 9.47 Å². The highest BCUT2D eigenvalue weighted by Crippen LogP contribution is 2.66. The normalized spacial score (nSPS) is 34.1. The molecule has 1 amide bonds. The number of ether oxygens (including phenoxy) is 2. The number of esters is 1. The predicted octanol–water partition coefficient (Wildman–Crippen LogP) is 3.22. The van der Waals surface area contributed by atoms with Crippen LogP contribution in [-0.4, -0.2) is 38.2 Å². The number of carbonyl (C=O) groups is 2. The standard InChI is InChI=1S/C23H31NO4/c1-16(20(25)24-8-9-27-2)28-21(26)23-13-17-10-18(14-23)12-22(11-17,15-23)19-6-4-3-5-7-19/h3-7,16-18H,8-15H2,1-2H3,(H,24,25)/t16-,17-,18+,22?,23?/m1/s1. The zero-order valence-electron chi connectivity index (χ0n) is 16.9. The number of methoxy groups -OCH3 is 1. The molecule has 4 aliphatic carbocycles. The Morgan fingerprint density at radius 2 is 1.82 bits per heavy atom. The smallest absolute Gasteiger partial charge is 0.312 e. The second kappa shape index (κ2) is 7.51. The molecule has 0 aliphatic heterocycles. The van der Waals surface area contributed by atoms with E-state index >= 15 is 0 Å². The Kier molecular flexibility index (Phi) is 5.21. The molecule has 4 saturated carbocycles. The van der Waals surface area contributed by atoms with Gasteiger partial charge in [-0.25, -0.2) is 0 Å². The molecule has 0 aromatic heterocycles. The molecular weight excluding hydrogens is 354 g/mol. The molecule has 0 radical (unpaired) electrons. The summed E-state index contributed by atoms with van der Waals surface area (Å²) in [5.41, 5.74) is 1.03. The molecule has 2 unspecified atom stereocenters. The van der Waals surface area contributed by atoms with Crippen LogP contribution < -0.4 is 5.32 Å². The van der Waals surface area contributed by atoms with Crippen molar-refractivity contribution < 1.29 is 19.1 Å². The third-order valence-corrected chi connectivity index (χ3v) is 7.14. The molecule has 28 heavy (non-hydrogen) atoms. The molecule has 5 heteroatoms. The summed E-state index contributed by atoms with van der Waals surface area (Å²) in [4.78, 5) is 25.5. The van der Waals surface area contributed by atoms with E-state index in [1.165, 1.54) is 24.8 Å². The first kappa shape index (κ1) is 19.4. The van der Waals surface area contributed by atoms with Gasteiger partial charge in [0, 0.05) is 13.7 Å². The van der Waals surface area contributed by atoms with Gasteiger partial charge in [0.15, 0.2) is 6.10 Å². The molecule has 0 spiro atoms. The summed E-state index contributed by atoms with van der Waals surface area (Å²) in [5.74, 6) is 0.740. The van der Waals surface area contributed by atoms with Crippen LogP contribution >= 0.6 is 0 Å². The Labute approximate surface area is 167 Å². The SMILES string of the molecule is COCCNC(=O)[C@@H](C)OC(=O)C12C[C@H]3C[C@@H](C1)CC(c1ccccc1)(C3)C2. The van der Waals surface area contributed by atoms with Crippen molar-refractivity contribution in [2.45, 2.75) is 57.0 Å². The van der Waals surface area contributed by atoms with Gasteiger partial charge in [0.1, 0.15) is 0 Å². The monoisotopic (exact) mass is 385 g/mol. The Morgan fingerprint density at radius 1 is 1.14 bits per heavy atom. The average Bonchev–Trinajstić information content (AvgIpc) is 2.67. The Bertz CT molecular complexity index is 717. The molecule has 1 aromatic carbocycles. The van der Waals surface area contributed by atoms with Crippen molar-refractivity contribution in [3.8, 4) is 0 Å². The maximum absolute atomic E-state index is 13.3. The van der Waals surface area contributed by atoms with Crippen LogP contribution in [0.5, 0.6) is 0 Å². The highest BCUT2D eigenvalue weighted by atomic mass is 16.5. The number of hydrogen-bond donors (Lipinski definition) is 1. The number of benzene rings is 1. The summed E-state index contributed by atoms with van der Waals surface area (Å²) in [6.07, 6.45) is 5.49. The molecule has 4 bridgehead atoms. The summed E-state index contributed by atoms with van der Waals surface area (Å²) in [6.45, 7) is 2.52. The third kappa shape index (κ3) is 3.45. The van der Waals surface area contributed by atoms with Crippen LogP contribution in [0.2, 0.25) is 0 Å². The summed E-state index contributed by atoms with van der Waals surface area (Å²) in [5, 5.41) is 2.75. The van der Waals surface area contributed by atoms with Crippen molar-refractivity contribution in [2.75, 3.05) is 20.3 Å². The van der Waals surface area contributed by atoms with Crippen LogP contribution in [0.3, 0.4) is 0 Å². The number of amides is 1. The van der Waals surface area contributed by atoms with Crippen LogP contribution in [0.25, 0.3) is 0 Å². The minimum atomic E-state index is -0.773. The van der Waals surface area contributed by atoms with Crippen molar-refractivity contribution >= 4 is 11.9 Å². The lowest BCUT2D eigenvalue weighted by Crippen LogP contribution is -2.57. The van der Waals surface area contributed by atoms with E-state index in [0.29, 0.717) is 25.0 Å². The molecule has 0 saturated heterocycles. The van der Waals surface area contributed by atoms with Gasteiger partial charge < -0.3 is 14.8 Å². The number of hydrogen-bond acceptors (Lipinski definition) is 4. The number of carbonyl (C=O) groups excluding carboxylic acids is 2. The van der Waals surface area contributed by atoms with Crippen LogP contribution in [0.15, 0.2) is 30.3 Å². The Hall–Kier alpha value is -1.88. The van der Waals surface area contributed by atoms with E-state index in [1.54, 1.807) is 14.0 Å². The second-order valence-electron chi connectivity index (χ2n) is 9.22. The zero-order valence-corrected chi connectivity index (χ0v) is 16.9. The third-order valence-electron chi connectivity index (χ3n) is 7.14. The molecule has 5 rings (SSSR count). The number of nitrogens with one attached hydrogen (secondary N) is 1. The fraction of sp³-hybridized carbons (Fsp3) is 0.652. The highest BCUT2D eigenvalue weighted by molar-refractivity contribution is 5.85. The van der Waals surface area contributed by atoms with Gasteiger partial charge in [-0.3, -0.25) is 9.59 Å². The van der Waals surface area contributed by atoms with Crippen molar-refractivity contribution in [3.63, 3.8) is 0 Å². The fourth-order valence-corrected chi connectivity index (χ4v) is 6.39. The van der Waals surface area contributed by atoms with Gasteiger partial charge in [-0.1, -0.05) is 30.3 Å². The Balaban J connectivity index is 1.50. The highest BCUT2D eigenvalue weighted by Gasteiger charge is 2.61. The van der Waals surface area contributed by atoms with E-state index in [2.05, 4.69) is 35.6 Å². The van der Waals surface area contributed by atoms with Gasteiger partial charge in [-0.15, -0.1) is 0 Å². The summed E-state index contributed by atoms with van der Waals surface area (Å²) in [7, 11) is 1.59. The lowest BCUT2D eigenvalue weighted by Gasteiger charge is -2.61. The van der Waals surface area contributed by atoms with Gasteiger partial charge in [-0.2, -0.15) is 0 Å². The minimum Gasteiger partial charge on any atom is -0.452 e. The topological polar surface area (TPSA) is 64.6 Å². The molecule has 4 aliphatic rings. The van der Waals surface area contributed by atoms with Crippen LogP contribution in [0.1, 0.15) is 51.0 Å².